The number of carbonyl (C=O) groups excluding carboxylic acids is 1. The maximum atomic E-state index is 13.4. The number of amides is 1. The molecule has 3 atom stereocenters. The molecule has 1 saturated heterocycles. The Kier molecular flexibility index (Phi) is 5.78. The largest absolute Gasteiger partial charge is 0.497 e. The van der Waals surface area contributed by atoms with E-state index in [1.165, 1.54) is 5.69 Å². The van der Waals surface area contributed by atoms with Crippen LogP contribution in [0.2, 0.25) is 0 Å². The van der Waals surface area contributed by atoms with Crippen molar-refractivity contribution in [2.45, 2.75) is 50.9 Å². The van der Waals surface area contributed by atoms with Crippen LogP contribution in [0.25, 0.3) is 0 Å². The smallest absolute Gasteiger partial charge is 0.241 e. The molecule has 2 aliphatic rings. The van der Waals surface area contributed by atoms with Crippen LogP contribution in [0.15, 0.2) is 36.5 Å². The third-order valence-corrected chi connectivity index (χ3v) is 6.02. The number of nitrogens with one attached hydrogen (secondary N) is 2. The number of hydrazine groups is 1. The summed E-state index contributed by atoms with van der Waals surface area (Å²) < 4.78 is 13.2. The first kappa shape index (κ1) is 19.8. The first-order valence-corrected chi connectivity index (χ1v) is 10.3. The number of methoxy groups -OCH3 is 2. The van der Waals surface area contributed by atoms with Crippen molar-refractivity contribution >= 4 is 5.91 Å². The summed E-state index contributed by atoms with van der Waals surface area (Å²) in [6.45, 7) is 3.77. The molecule has 2 aromatic rings. The topological polar surface area (TPSA) is 67.8 Å². The zero-order chi connectivity index (χ0) is 20.4. The van der Waals surface area contributed by atoms with Gasteiger partial charge in [-0.15, -0.1) is 0 Å². The van der Waals surface area contributed by atoms with Gasteiger partial charge in [-0.05, 0) is 43.2 Å². The van der Waals surface area contributed by atoms with E-state index in [2.05, 4.69) is 45.6 Å². The molecule has 156 valence electrons. The van der Waals surface area contributed by atoms with E-state index in [0.29, 0.717) is 6.42 Å². The molecule has 29 heavy (non-hydrogen) atoms. The molecular weight excluding hydrogens is 368 g/mol. The second-order valence-corrected chi connectivity index (χ2v) is 7.70. The van der Waals surface area contributed by atoms with Crippen molar-refractivity contribution in [1.82, 2.24) is 20.3 Å². The third kappa shape index (κ3) is 3.72. The minimum atomic E-state index is -0.267. The number of nitrogens with zero attached hydrogens (tertiary/aromatic N) is 2. The Balaban J connectivity index is 1.51. The van der Waals surface area contributed by atoms with Gasteiger partial charge in [-0.25, -0.2) is 10.9 Å². The average molecular weight is 399 g/mol. The SMILES string of the molecule is CCCC1c2cccn2CCN1C(=O)C1CC(c2cc(OC)ccc2OC)NN1. The van der Waals surface area contributed by atoms with Gasteiger partial charge in [-0.2, -0.15) is 0 Å². The molecule has 1 amide bonds. The van der Waals surface area contributed by atoms with Crippen LogP contribution in [0.1, 0.15) is 49.5 Å². The normalized spacial score (nSPS) is 23.7. The van der Waals surface area contributed by atoms with Crippen LogP contribution >= 0.6 is 0 Å². The minimum Gasteiger partial charge on any atom is -0.497 e. The lowest BCUT2D eigenvalue weighted by Crippen LogP contribution is -2.50. The van der Waals surface area contributed by atoms with Crippen molar-refractivity contribution in [2.24, 2.45) is 0 Å². The molecule has 0 bridgehead atoms. The number of benzene rings is 1. The van der Waals surface area contributed by atoms with Gasteiger partial charge in [0.25, 0.3) is 0 Å². The zero-order valence-corrected chi connectivity index (χ0v) is 17.4. The summed E-state index contributed by atoms with van der Waals surface area (Å²) in [6, 6.07) is 9.83. The number of carbonyl (C=O) groups is 1. The summed E-state index contributed by atoms with van der Waals surface area (Å²) in [4.78, 5) is 15.5. The van der Waals surface area contributed by atoms with Crippen LogP contribution in [-0.2, 0) is 11.3 Å². The molecule has 1 aromatic heterocycles. The van der Waals surface area contributed by atoms with Crippen molar-refractivity contribution in [3.63, 3.8) is 0 Å². The number of fused-ring (bicyclic) bond motifs is 1. The van der Waals surface area contributed by atoms with Gasteiger partial charge in [-0.3, -0.25) is 4.79 Å². The summed E-state index contributed by atoms with van der Waals surface area (Å²) in [5, 5.41) is 0. The molecule has 0 saturated carbocycles. The molecular formula is C22H30N4O3. The molecule has 0 aliphatic carbocycles. The molecule has 7 heteroatoms. The summed E-state index contributed by atoms with van der Waals surface area (Å²) in [7, 11) is 3.31. The van der Waals surface area contributed by atoms with Crippen LogP contribution in [0, 0.1) is 0 Å². The highest BCUT2D eigenvalue weighted by Gasteiger charge is 2.38. The number of ether oxygens (including phenoxy) is 2. The Morgan fingerprint density at radius 2 is 2.03 bits per heavy atom. The van der Waals surface area contributed by atoms with E-state index in [4.69, 9.17) is 9.47 Å². The van der Waals surface area contributed by atoms with Gasteiger partial charge >= 0.3 is 0 Å². The maximum absolute atomic E-state index is 13.4. The van der Waals surface area contributed by atoms with Crippen molar-refractivity contribution in [2.75, 3.05) is 20.8 Å². The molecule has 0 radical (unpaired) electrons. The molecule has 1 aromatic carbocycles. The number of aromatic nitrogens is 1. The summed E-state index contributed by atoms with van der Waals surface area (Å²) >= 11 is 0. The molecule has 4 rings (SSSR count). The minimum absolute atomic E-state index is 0.0210. The van der Waals surface area contributed by atoms with Crippen molar-refractivity contribution in [3.8, 4) is 11.5 Å². The maximum Gasteiger partial charge on any atom is 0.241 e. The summed E-state index contributed by atoms with van der Waals surface area (Å²) in [5.74, 6) is 1.72. The van der Waals surface area contributed by atoms with Gasteiger partial charge < -0.3 is 18.9 Å². The Morgan fingerprint density at radius 3 is 2.79 bits per heavy atom. The van der Waals surface area contributed by atoms with Crippen LogP contribution in [0.4, 0.5) is 0 Å². The van der Waals surface area contributed by atoms with Crippen LogP contribution in [-0.4, -0.2) is 42.2 Å². The molecule has 7 nitrogen and oxygen atoms in total. The van der Waals surface area contributed by atoms with Gasteiger partial charge in [0, 0.05) is 30.5 Å². The molecule has 1 fully saturated rings. The van der Waals surface area contributed by atoms with Crippen molar-refractivity contribution < 1.29 is 14.3 Å². The van der Waals surface area contributed by atoms with Crippen LogP contribution in [0.3, 0.4) is 0 Å². The molecule has 3 heterocycles. The molecule has 0 spiro atoms. The van der Waals surface area contributed by atoms with E-state index in [9.17, 15) is 4.79 Å². The predicted molar refractivity (Wildman–Crippen MR) is 111 cm³/mol. The summed E-state index contributed by atoms with van der Waals surface area (Å²) in [6.07, 6.45) is 4.79. The van der Waals surface area contributed by atoms with Crippen molar-refractivity contribution in [3.05, 3.63) is 47.8 Å². The fraction of sp³-hybridized carbons (Fsp3) is 0.500. The number of hydrogen-bond donors (Lipinski definition) is 2. The number of hydrogen-bond acceptors (Lipinski definition) is 5. The van der Waals surface area contributed by atoms with Crippen molar-refractivity contribution in [1.29, 1.82) is 0 Å². The fourth-order valence-corrected chi connectivity index (χ4v) is 4.54. The quantitative estimate of drug-likeness (QED) is 0.783. The van der Waals surface area contributed by atoms with Gasteiger partial charge in [0.2, 0.25) is 5.91 Å². The molecule has 2 aliphatic heterocycles. The average Bonchev–Trinajstić information content (AvgIpc) is 3.43. The van der Waals surface area contributed by atoms with E-state index in [1.807, 2.05) is 18.2 Å². The third-order valence-electron chi connectivity index (χ3n) is 6.02. The Hall–Kier alpha value is -2.51. The Labute approximate surface area is 171 Å². The van der Waals surface area contributed by atoms with E-state index in [1.54, 1.807) is 14.2 Å². The highest BCUT2D eigenvalue weighted by Crippen LogP contribution is 2.35. The lowest BCUT2D eigenvalue weighted by atomic mass is 9.98. The van der Waals surface area contributed by atoms with E-state index < -0.39 is 0 Å². The van der Waals surface area contributed by atoms with Crippen LogP contribution < -0.4 is 20.3 Å². The van der Waals surface area contributed by atoms with Gasteiger partial charge in [0.15, 0.2) is 0 Å². The summed E-state index contributed by atoms with van der Waals surface area (Å²) in [5.41, 5.74) is 8.75. The second-order valence-electron chi connectivity index (χ2n) is 7.70. The highest BCUT2D eigenvalue weighted by atomic mass is 16.5. The van der Waals surface area contributed by atoms with E-state index in [-0.39, 0.29) is 24.0 Å². The Bertz CT molecular complexity index is 865. The van der Waals surface area contributed by atoms with Gasteiger partial charge in [0.05, 0.1) is 26.3 Å². The highest BCUT2D eigenvalue weighted by molar-refractivity contribution is 5.83. The van der Waals surface area contributed by atoms with Crippen LogP contribution in [0.5, 0.6) is 11.5 Å². The monoisotopic (exact) mass is 398 g/mol. The fourth-order valence-electron chi connectivity index (χ4n) is 4.54. The van der Waals surface area contributed by atoms with E-state index >= 15 is 0 Å². The van der Waals surface area contributed by atoms with Gasteiger partial charge in [0.1, 0.15) is 17.5 Å². The molecule has 3 unspecified atom stereocenters. The lowest BCUT2D eigenvalue weighted by molar-refractivity contribution is -0.137. The standard InChI is InChI=1S/C22H30N4O3/c1-4-6-20-19-7-5-10-25(19)11-12-26(20)22(27)18-14-17(23-24-18)16-13-15(28-2)8-9-21(16)29-3/h5,7-10,13,17-18,20,23-24H,4,6,11-12,14H2,1-3H3. The Morgan fingerprint density at radius 1 is 1.17 bits per heavy atom. The predicted octanol–water partition coefficient (Wildman–Crippen LogP) is 2.80. The number of rotatable bonds is 6. The first-order chi connectivity index (χ1) is 14.2. The lowest BCUT2D eigenvalue weighted by Gasteiger charge is -2.38. The zero-order valence-electron chi connectivity index (χ0n) is 17.4. The van der Waals surface area contributed by atoms with E-state index in [0.717, 1.165) is 43.0 Å². The molecule has 2 N–H and O–H groups in total. The first-order valence-electron chi connectivity index (χ1n) is 10.3. The second kappa shape index (κ2) is 8.47. The van der Waals surface area contributed by atoms with Gasteiger partial charge in [-0.1, -0.05) is 13.3 Å².